The Hall–Kier alpha value is -2.63. The van der Waals surface area contributed by atoms with Crippen molar-refractivity contribution in [3.05, 3.63) is 36.7 Å². The molecule has 1 aromatic heterocycles. The molecule has 0 saturated heterocycles. The molecule has 1 aliphatic carbocycles. The SMILES string of the molecule is COC(=O)[C@@H]1C[C@@H]1C(=O)Nc1cccc(-c2ncc[nH]2)c1. The molecule has 108 valence electrons. The van der Waals surface area contributed by atoms with Gasteiger partial charge in [-0.3, -0.25) is 9.59 Å². The van der Waals surface area contributed by atoms with Crippen LogP contribution in [0.5, 0.6) is 0 Å². The molecule has 1 aromatic carbocycles. The van der Waals surface area contributed by atoms with E-state index in [-0.39, 0.29) is 23.7 Å². The molecule has 0 spiro atoms. The number of esters is 1. The van der Waals surface area contributed by atoms with Gasteiger partial charge >= 0.3 is 5.97 Å². The van der Waals surface area contributed by atoms with Gasteiger partial charge in [0.1, 0.15) is 5.82 Å². The maximum absolute atomic E-state index is 12.1. The number of carbonyl (C=O) groups is 2. The first-order valence-electron chi connectivity index (χ1n) is 6.67. The van der Waals surface area contributed by atoms with E-state index in [1.54, 1.807) is 18.5 Å². The third-order valence-electron chi connectivity index (χ3n) is 3.53. The lowest BCUT2D eigenvalue weighted by Gasteiger charge is -2.06. The van der Waals surface area contributed by atoms with Crippen molar-refractivity contribution in [3.63, 3.8) is 0 Å². The number of carbonyl (C=O) groups excluding carboxylic acids is 2. The van der Waals surface area contributed by atoms with Gasteiger partial charge in [-0.05, 0) is 18.6 Å². The number of ether oxygens (including phenoxy) is 1. The lowest BCUT2D eigenvalue weighted by molar-refractivity contribution is -0.143. The van der Waals surface area contributed by atoms with E-state index in [1.807, 2.05) is 18.2 Å². The summed E-state index contributed by atoms with van der Waals surface area (Å²) in [7, 11) is 1.34. The predicted molar refractivity (Wildman–Crippen MR) is 76.3 cm³/mol. The summed E-state index contributed by atoms with van der Waals surface area (Å²) in [5, 5.41) is 2.83. The Labute approximate surface area is 121 Å². The monoisotopic (exact) mass is 285 g/mol. The Morgan fingerprint density at radius 1 is 1.38 bits per heavy atom. The molecule has 0 radical (unpaired) electrons. The van der Waals surface area contributed by atoms with Crippen molar-refractivity contribution in [2.45, 2.75) is 6.42 Å². The van der Waals surface area contributed by atoms with Crippen LogP contribution >= 0.6 is 0 Å². The Balaban J connectivity index is 1.67. The standard InChI is InChI=1S/C15H15N3O3/c1-21-15(20)12-8-11(12)14(19)18-10-4-2-3-9(7-10)13-16-5-6-17-13/h2-7,11-12H,8H2,1H3,(H,16,17)(H,18,19)/t11-,12+/m0/s1. The van der Waals surface area contributed by atoms with E-state index < -0.39 is 0 Å². The molecule has 21 heavy (non-hydrogen) atoms. The summed E-state index contributed by atoms with van der Waals surface area (Å²) in [4.78, 5) is 30.6. The number of benzene rings is 1. The lowest BCUT2D eigenvalue weighted by Crippen LogP contribution is -2.17. The van der Waals surface area contributed by atoms with Crippen LogP contribution < -0.4 is 5.32 Å². The molecular formula is C15H15N3O3. The molecule has 1 heterocycles. The summed E-state index contributed by atoms with van der Waals surface area (Å²) in [6.45, 7) is 0. The minimum Gasteiger partial charge on any atom is -0.469 e. The summed E-state index contributed by atoms with van der Waals surface area (Å²) in [6.07, 6.45) is 3.97. The molecule has 2 atom stereocenters. The topological polar surface area (TPSA) is 84.1 Å². The van der Waals surface area contributed by atoms with Gasteiger partial charge in [0.25, 0.3) is 0 Å². The number of methoxy groups -OCH3 is 1. The van der Waals surface area contributed by atoms with E-state index in [1.165, 1.54) is 7.11 Å². The van der Waals surface area contributed by atoms with Crippen LogP contribution in [-0.2, 0) is 14.3 Å². The maximum Gasteiger partial charge on any atom is 0.309 e. The molecule has 2 aromatic rings. The zero-order valence-corrected chi connectivity index (χ0v) is 11.5. The van der Waals surface area contributed by atoms with Gasteiger partial charge in [-0.2, -0.15) is 0 Å². The maximum atomic E-state index is 12.1. The first-order chi connectivity index (χ1) is 10.2. The van der Waals surface area contributed by atoms with Gasteiger partial charge in [0, 0.05) is 23.6 Å². The fourth-order valence-electron chi connectivity index (χ4n) is 2.30. The Morgan fingerprint density at radius 2 is 2.24 bits per heavy atom. The Morgan fingerprint density at radius 3 is 2.95 bits per heavy atom. The van der Waals surface area contributed by atoms with Crippen LogP contribution in [0.2, 0.25) is 0 Å². The molecule has 0 aliphatic heterocycles. The number of nitrogens with one attached hydrogen (secondary N) is 2. The molecule has 0 unspecified atom stereocenters. The van der Waals surface area contributed by atoms with Crippen LogP contribution in [0.25, 0.3) is 11.4 Å². The smallest absolute Gasteiger partial charge is 0.309 e. The number of rotatable bonds is 4. The highest BCUT2D eigenvalue weighted by Gasteiger charge is 2.48. The van der Waals surface area contributed by atoms with E-state index in [0.717, 1.165) is 11.4 Å². The molecule has 6 heteroatoms. The summed E-state index contributed by atoms with van der Waals surface area (Å²) >= 11 is 0. The number of anilines is 1. The first-order valence-corrected chi connectivity index (χ1v) is 6.67. The van der Waals surface area contributed by atoms with E-state index in [2.05, 4.69) is 20.0 Å². The second-order valence-electron chi connectivity index (χ2n) is 4.98. The number of aromatic nitrogens is 2. The number of H-pyrrole nitrogens is 1. The number of aromatic amines is 1. The third kappa shape index (κ3) is 2.79. The first kappa shape index (κ1) is 13.4. The minimum atomic E-state index is -0.320. The van der Waals surface area contributed by atoms with Crippen LogP contribution in [-0.4, -0.2) is 29.0 Å². The molecule has 0 bridgehead atoms. The molecule has 1 saturated carbocycles. The van der Waals surface area contributed by atoms with Gasteiger partial charge in [0.05, 0.1) is 18.9 Å². The van der Waals surface area contributed by atoms with Crippen molar-refractivity contribution in [1.82, 2.24) is 9.97 Å². The normalized spacial score (nSPS) is 19.9. The van der Waals surface area contributed by atoms with Crippen molar-refractivity contribution in [3.8, 4) is 11.4 Å². The summed E-state index contributed by atoms with van der Waals surface area (Å²) in [5.74, 6) is -0.320. The highest BCUT2D eigenvalue weighted by molar-refractivity contribution is 5.98. The fourth-order valence-corrected chi connectivity index (χ4v) is 2.30. The molecule has 1 aliphatic rings. The van der Waals surface area contributed by atoms with Gasteiger partial charge < -0.3 is 15.0 Å². The molecule has 1 amide bonds. The number of hydrogen-bond donors (Lipinski definition) is 2. The van der Waals surface area contributed by atoms with Crippen molar-refractivity contribution < 1.29 is 14.3 Å². The molecular weight excluding hydrogens is 270 g/mol. The van der Waals surface area contributed by atoms with Gasteiger partial charge in [0.15, 0.2) is 0 Å². The van der Waals surface area contributed by atoms with Crippen LogP contribution in [0.3, 0.4) is 0 Å². The average molecular weight is 285 g/mol. The minimum absolute atomic E-state index is 0.151. The average Bonchev–Trinajstić information content (AvgIpc) is 3.12. The second-order valence-corrected chi connectivity index (χ2v) is 4.98. The molecule has 6 nitrogen and oxygen atoms in total. The Bertz CT molecular complexity index is 667. The van der Waals surface area contributed by atoms with Crippen molar-refractivity contribution in [2.75, 3.05) is 12.4 Å². The zero-order chi connectivity index (χ0) is 14.8. The summed E-state index contributed by atoms with van der Waals surface area (Å²) in [5.41, 5.74) is 1.57. The van der Waals surface area contributed by atoms with Crippen LogP contribution in [0, 0.1) is 11.8 Å². The zero-order valence-electron chi connectivity index (χ0n) is 11.5. The van der Waals surface area contributed by atoms with Gasteiger partial charge in [0.2, 0.25) is 5.91 Å². The summed E-state index contributed by atoms with van der Waals surface area (Å²) < 4.78 is 4.64. The molecule has 1 fully saturated rings. The van der Waals surface area contributed by atoms with E-state index in [0.29, 0.717) is 12.1 Å². The molecule has 3 rings (SSSR count). The predicted octanol–water partition coefficient (Wildman–Crippen LogP) is 1.82. The molecule has 2 N–H and O–H groups in total. The van der Waals surface area contributed by atoms with Crippen LogP contribution in [0.15, 0.2) is 36.7 Å². The van der Waals surface area contributed by atoms with Crippen molar-refractivity contribution >= 4 is 17.6 Å². The fraction of sp³-hybridized carbons (Fsp3) is 0.267. The quantitative estimate of drug-likeness (QED) is 0.839. The Kier molecular flexibility index (Phi) is 3.43. The second kappa shape index (κ2) is 5.40. The number of amides is 1. The van der Waals surface area contributed by atoms with Crippen LogP contribution in [0.1, 0.15) is 6.42 Å². The lowest BCUT2D eigenvalue weighted by atomic mass is 10.2. The van der Waals surface area contributed by atoms with Gasteiger partial charge in [-0.1, -0.05) is 12.1 Å². The summed E-state index contributed by atoms with van der Waals surface area (Å²) in [6, 6.07) is 7.40. The van der Waals surface area contributed by atoms with E-state index in [9.17, 15) is 9.59 Å². The van der Waals surface area contributed by atoms with E-state index in [4.69, 9.17) is 0 Å². The van der Waals surface area contributed by atoms with Gasteiger partial charge in [-0.15, -0.1) is 0 Å². The number of hydrogen-bond acceptors (Lipinski definition) is 4. The van der Waals surface area contributed by atoms with Crippen molar-refractivity contribution in [1.29, 1.82) is 0 Å². The highest BCUT2D eigenvalue weighted by atomic mass is 16.5. The third-order valence-corrected chi connectivity index (χ3v) is 3.53. The van der Waals surface area contributed by atoms with E-state index >= 15 is 0 Å². The number of imidazole rings is 1. The van der Waals surface area contributed by atoms with Crippen molar-refractivity contribution in [2.24, 2.45) is 11.8 Å². The van der Waals surface area contributed by atoms with Gasteiger partial charge in [-0.25, -0.2) is 4.98 Å². The largest absolute Gasteiger partial charge is 0.469 e. The van der Waals surface area contributed by atoms with Crippen LogP contribution in [0.4, 0.5) is 5.69 Å². The number of nitrogens with zero attached hydrogens (tertiary/aromatic N) is 1. The highest BCUT2D eigenvalue weighted by Crippen LogP contribution is 2.40.